The van der Waals surface area contributed by atoms with Crippen LogP contribution in [0.4, 0.5) is 17.2 Å². The summed E-state index contributed by atoms with van der Waals surface area (Å²) in [7, 11) is 1.66. The van der Waals surface area contributed by atoms with Crippen LogP contribution in [0.25, 0.3) is 0 Å². The van der Waals surface area contributed by atoms with Gasteiger partial charge in [-0.2, -0.15) is 10.2 Å². The van der Waals surface area contributed by atoms with Crippen molar-refractivity contribution >= 4 is 17.2 Å². The van der Waals surface area contributed by atoms with Gasteiger partial charge in [-0.25, -0.2) is 4.68 Å². The van der Waals surface area contributed by atoms with Crippen molar-refractivity contribution < 1.29 is 4.92 Å². The Labute approximate surface area is 110 Å². The lowest BCUT2D eigenvalue weighted by atomic mass is 10.3. The summed E-state index contributed by atoms with van der Waals surface area (Å²) in [5, 5.41) is 22.3. The fourth-order valence-corrected chi connectivity index (χ4v) is 1.83. The topological polar surface area (TPSA) is 90.8 Å². The molecule has 8 heteroatoms. The second-order valence-electron chi connectivity index (χ2n) is 4.59. The van der Waals surface area contributed by atoms with Crippen molar-refractivity contribution in [3.05, 3.63) is 28.2 Å². The lowest BCUT2D eigenvalue weighted by Gasteiger charge is -2.04. The van der Waals surface area contributed by atoms with Gasteiger partial charge >= 0.3 is 5.69 Å². The van der Waals surface area contributed by atoms with Crippen molar-refractivity contribution in [3.63, 3.8) is 0 Å². The Morgan fingerprint density at radius 2 is 2.16 bits per heavy atom. The molecular weight excluding hydrogens is 248 g/mol. The molecule has 8 nitrogen and oxygen atoms in total. The van der Waals surface area contributed by atoms with E-state index >= 15 is 0 Å². The minimum atomic E-state index is -0.433. The summed E-state index contributed by atoms with van der Waals surface area (Å²) < 4.78 is 3.23. The van der Waals surface area contributed by atoms with E-state index in [9.17, 15) is 10.1 Å². The molecule has 0 aliphatic heterocycles. The molecule has 0 bridgehead atoms. The molecule has 0 saturated heterocycles. The number of anilines is 2. The number of nitrogens with zero attached hydrogens (tertiary/aromatic N) is 5. The van der Waals surface area contributed by atoms with Gasteiger partial charge in [-0.15, -0.1) is 0 Å². The van der Waals surface area contributed by atoms with E-state index in [0.29, 0.717) is 17.2 Å². The standard InChI is InChI=1S/C11H16N6O2/c1-7(2)16-6-9(5-12-16)13-11-10(17(18)19)8(3)14-15(11)4/h5-7,13H,1-4H3. The van der Waals surface area contributed by atoms with Gasteiger partial charge in [0.05, 0.1) is 16.8 Å². The number of aryl methyl sites for hydroxylation is 2. The van der Waals surface area contributed by atoms with Crippen LogP contribution in [0.15, 0.2) is 12.4 Å². The molecule has 0 amide bonds. The first-order valence-corrected chi connectivity index (χ1v) is 5.89. The van der Waals surface area contributed by atoms with E-state index in [2.05, 4.69) is 15.5 Å². The van der Waals surface area contributed by atoms with Crippen LogP contribution in [-0.2, 0) is 7.05 Å². The van der Waals surface area contributed by atoms with Gasteiger partial charge in [0.1, 0.15) is 5.69 Å². The van der Waals surface area contributed by atoms with Gasteiger partial charge in [-0.3, -0.25) is 14.8 Å². The highest BCUT2D eigenvalue weighted by molar-refractivity contribution is 5.66. The summed E-state index contributed by atoms with van der Waals surface area (Å²) in [5.41, 5.74) is 1.06. The number of aromatic nitrogens is 4. The highest BCUT2D eigenvalue weighted by Crippen LogP contribution is 2.30. The first-order chi connectivity index (χ1) is 8.90. The number of hydrogen-bond donors (Lipinski definition) is 1. The Morgan fingerprint density at radius 3 is 2.68 bits per heavy atom. The highest BCUT2D eigenvalue weighted by atomic mass is 16.6. The van der Waals surface area contributed by atoms with Crippen molar-refractivity contribution in [1.82, 2.24) is 19.6 Å². The average Bonchev–Trinajstić information content (AvgIpc) is 2.85. The largest absolute Gasteiger partial charge is 0.334 e. The zero-order valence-electron chi connectivity index (χ0n) is 11.3. The van der Waals surface area contributed by atoms with E-state index in [1.165, 1.54) is 4.68 Å². The number of hydrogen-bond acceptors (Lipinski definition) is 5. The van der Waals surface area contributed by atoms with Crippen LogP contribution in [0.3, 0.4) is 0 Å². The fourth-order valence-electron chi connectivity index (χ4n) is 1.83. The number of nitrogens with one attached hydrogen (secondary N) is 1. The van der Waals surface area contributed by atoms with Crippen LogP contribution in [0.5, 0.6) is 0 Å². The molecule has 2 heterocycles. The smallest absolute Gasteiger partial charge is 0.332 e. The molecular formula is C11H16N6O2. The zero-order chi connectivity index (χ0) is 14.2. The average molecular weight is 264 g/mol. The second-order valence-corrected chi connectivity index (χ2v) is 4.59. The van der Waals surface area contributed by atoms with E-state index in [0.717, 1.165) is 0 Å². The van der Waals surface area contributed by atoms with Crippen molar-refractivity contribution in [3.8, 4) is 0 Å². The summed E-state index contributed by atoms with van der Waals surface area (Å²) in [6.45, 7) is 5.63. The summed E-state index contributed by atoms with van der Waals surface area (Å²) in [5.74, 6) is 0.353. The Kier molecular flexibility index (Phi) is 3.24. The van der Waals surface area contributed by atoms with Gasteiger partial charge < -0.3 is 5.32 Å². The fraction of sp³-hybridized carbons (Fsp3) is 0.455. The molecule has 2 rings (SSSR count). The number of rotatable bonds is 4. The summed E-state index contributed by atoms with van der Waals surface area (Å²) in [4.78, 5) is 10.6. The summed E-state index contributed by atoms with van der Waals surface area (Å²) in [6, 6.07) is 0.235. The van der Waals surface area contributed by atoms with Crippen molar-refractivity contribution in [2.75, 3.05) is 5.32 Å². The maximum atomic E-state index is 11.1. The highest BCUT2D eigenvalue weighted by Gasteiger charge is 2.24. The third-order valence-electron chi connectivity index (χ3n) is 2.77. The number of nitro groups is 1. The Hall–Kier alpha value is -2.38. The minimum absolute atomic E-state index is 0.0141. The van der Waals surface area contributed by atoms with E-state index in [1.807, 2.05) is 13.8 Å². The summed E-state index contributed by atoms with van der Waals surface area (Å²) in [6.07, 6.45) is 3.43. The van der Waals surface area contributed by atoms with Crippen LogP contribution in [0.2, 0.25) is 0 Å². The molecule has 0 aliphatic rings. The third-order valence-corrected chi connectivity index (χ3v) is 2.77. The van der Waals surface area contributed by atoms with Gasteiger partial charge in [0.2, 0.25) is 5.82 Å². The Balaban J connectivity index is 2.35. The monoisotopic (exact) mass is 264 g/mol. The molecule has 0 atom stereocenters. The SMILES string of the molecule is Cc1nn(C)c(Nc2cnn(C(C)C)c2)c1[N+](=O)[O-]. The van der Waals surface area contributed by atoms with Crippen LogP contribution < -0.4 is 5.32 Å². The van der Waals surface area contributed by atoms with Gasteiger partial charge in [-0.1, -0.05) is 0 Å². The maximum absolute atomic E-state index is 11.1. The zero-order valence-corrected chi connectivity index (χ0v) is 11.3. The Morgan fingerprint density at radius 1 is 1.47 bits per heavy atom. The first-order valence-electron chi connectivity index (χ1n) is 5.89. The van der Waals surface area contributed by atoms with Gasteiger partial charge in [0, 0.05) is 19.3 Å². The molecule has 0 aliphatic carbocycles. The predicted molar refractivity (Wildman–Crippen MR) is 70.5 cm³/mol. The quantitative estimate of drug-likeness (QED) is 0.675. The molecule has 0 unspecified atom stereocenters. The molecule has 0 aromatic carbocycles. The normalized spacial score (nSPS) is 11.0. The predicted octanol–water partition coefficient (Wildman–Crippen LogP) is 2.16. The first kappa shape index (κ1) is 13.1. The lowest BCUT2D eigenvalue weighted by Crippen LogP contribution is -2.02. The second kappa shape index (κ2) is 4.71. The van der Waals surface area contributed by atoms with E-state index in [-0.39, 0.29) is 11.7 Å². The van der Waals surface area contributed by atoms with E-state index in [4.69, 9.17) is 0 Å². The van der Waals surface area contributed by atoms with Gasteiger partial charge in [0.15, 0.2) is 0 Å². The van der Waals surface area contributed by atoms with Crippen LogP contribution in [0.1, 0.15) is 25.6 Å². The maximum Gasteiger partial charge on any atom is 0.334 e. The van der Waals surface area contributed by atoms with Crippen LogP contribution in [0, 0.1) is 17.0 Å². The molecule has 2 aromatic heterocycles. The van der Waals surface area contributed by atoms with Crippen molar-refractivity contribution in [1.29, 1.82) is 0 Å². The minimum Gasteiger partial charge on any atom is -0.332 e. The van der Waals surface area contributed by atoms with E-state index in [1.54, 1.807) is 31.0 Å². The van der Waals surface area contributed by atoms with Crippen LogP contribution >= 0.6 is 0 Å². The van der Waals surface area contributed by atoms with Gasteiger partial charge in [0.25, 0.3) is 0 Å². The third kappa shape index (κ3) is 2.42. The molecule has 0 fully saturated rings. The molecule has 19 heavy (non-hydrogen) atoms. The lowest BCUT2D eigenvalue weighted by molar-refractivity contribution is -0.384. The molecule has 0 spiro atoms. The molecule has 0 radical (unpaired) electrons. The van der Waals surface area contributed by atoms with Crippen LogP contribution in [-0.4, -0.2) is 24.5 Å². The summed E-state index contributed by atoms with van der Waals surface area (Å²) >= 11 is 0. The molecule has 102 valence electrons. The molecule has 2 aromatic rings. The Bertz CT molecular complexity index is 613. The molecule has 1 N–H and O–H groups in total. The van der Waals surface area contributed by atoms with Crippen molar-refractivity contribution in [2.24, 2.45) is 7.05 Å². The van der Waals surface area contributed by atoms with Crippen molar-refractivity contribution in [2.45, 2.75) is 26.8 Å². The molecule has 0 saturated carbocycles. The van der Waals surface area contributed by atoms with Gasteiger partial charge in [-0.05, 0) is 20.8 Å². The van der Waals surface area contributed by atoms with E-state index < -0.39 is 4.92 Å².